The Hall–Kier alpha value is -3.27. The number of carbonyl (C=O) groups excluding carboxylic acids is 2. The predicted octanol–water partition coefficient (Wildman–Crippen LogP) is 5.00. The second kappa shape index (κ2) is 12.3. The maximum absolute atomic E-state index is 14.1. The van der Waals surface area contributed by atoms with Crippen LogP contribution in [0.2, 0.25) is 0 Å². The first-order valence-electron chi connectivity index (χ1n) is 14.2. The smallest absolute Gasteiger partial charge is 0.430 e. The summed E-state index contributed by atoms with van der Waals surface area (Å²) in [6.07, 6.45) is -0.954. The van der Waals surface area contributed by atoms with Crippen molar-refractivity contribution in [3.8, 4) is 5.75 Å². The van der Waals surface area contributed by atoms with Gasteiger partial charge in [-0.15, -0.1) is 0 Å². The van der Waals surface area contributed by atoms with Gasteiger partial charge in [-0.3, -0.25) is 9.59 Å². The zero-order valence-electron chi connectivity index (χ0n) is 24.2. The summed E-state index contributed by atoms with van der Waals surface area (Å²) in [5.41, 5.74) is -1.41. The molecule has 7 nitrogen and oxygen atoms in total. The molecule has 1 N–H and O–H groups in total. The Kier molecular flexibility index (Phi) is 9.21. The van der Waals surface area contributed by atoms with Gasteiger partial charge in [-0.1, -0.05) is 12.1 Å². The van der Waals surface area contributed by atoms with Crippen LogP contribution in [0.4, 0.5) is 18.9 Å². The van der Waals surface area contributed by atoms with Crippen LogP contribution in [0.15, 0.2) is 42.5 Å². The standard InChI is InChI=1S/C31H40F3N3O4/c1-21-18-25(8-9-27(21)28(38)35(2)3)36-14-10-22(11-15-36)19-23-12-16-37(17-13-23)29(39)30(40,31(32,33)34)24-6-5-7-26(20-24)41-4/h5-9,18,20,22-23,40H,10-17,19H2,1-4H3. The van der Waals surface area contributed by atoms with E-state index in [1.165, 1.54) is 19.2 Å². The Morgan fingerprint density at radius 2 is 1.59 bits per heavy atom. The minimum absolute atomic E-state index is 0.0103. The second-order valence-corrected chi connectivity index (χ2v) is 11.5. The Balaban J connectivity index is 1.31. The van der Waals surface area contributed by atoms with Crippen LogP contribution in [0.1, 0.15) is 53.6 Å². The lowest BCUT2D eigenvalue weighted by Crippen LogP contribution is -2.57. The second-order valence-electron chi connectivity index (χ2n) is 11.5. The van der Waals surface area contributed by atoms with Gasteiger partial charge in [0.15, 0.2) is 0 Å². The minimum atomic E-state index is -5.18. The Morgan fingerprint density at radius 3 is 2.12 bits per heavy atom. The molecule has 2 aliphatic heterocycles. The summed E-state index contributed by atoms with van der Waals surface area (Å²) < 4.78 is 47.4. The largest absolute Gasteiger partial charge is 0.497 e. The molecule has 2 fully saturated rings. The van der Waals surface area contributed by atoms with E-state index in [1.54, 1.807) is 19.0 Å². The number of benzene rings is 2. The van der Waals surface area contributed by atoms with E-state index >= 15 is 0 Å². The van der Waals surface area contributed by atoms with Gasteiger partial charge in [0, 0.05) is 57.1 Å². The number of carbonyl (C=O) groups is 2. The van der Waals surface area contributed by atoms with Gasteiger partial charge < -0.3 is 24.5 Å². The zero-order valence-corrected chi connectivity index (χ0v) is 24.2. The van der Waals surface area contributed by atoms with Crippen molar-refractivity contribution in [1.82, 2.24) is 9.80 Å². The summed E-state index contributed by atoms with van der Waals surface area (Å²) in [7, 11) is 4.80. The highest BCUT2D eigenvalue weighted by atomic mass is 19.4. The number of hydrogen-bond donors (Lipinski definition) is 1. The summed E-state index contributed by atoms with van der Waals surface area (Å²) in [4.78, 5) is 30.6. The lowest BCUT2D eigenvalue weighted by atomic mass is 9.82. The number of anilines is 1. The van der Waals surface area contributed by atoms with E-state index < -0.39 is 23.2 Å². The first kappa shape index (κ1) is 30.7. The van der Waals surface area contributed by atoms with Crippen molar-refractivity contribution in [1.29, 1.82) is 0 Å². The number of amides is 2. The molecule has 4 rings (SSSR count). The molecule has 2 saturated heterocycles. The van der Waals surface area contributed by atoms with E-state index in [4.69, 9.17) is 4.74 Å². The first-order valence-corrected chi connectivity index (χ1v) is 14.2. The normalized spacial score (nSPS) is 18.6. The number of nitrogens with zero attached hydrogens (tertiary/aromatic N) is 3. The zero-order chi connectivity index (χ0) is 29.9. The van der Waals surface area contributed by atoms with E-state index in [0.29, 0.717) is 30.2 Å². The van der Waals surface area contributed by atoms with Gasteiger partial charge in [-0.05, 0) is 86.8 Å². The summed E-state index contributed by atoms with van der Waals surface area (Å²) in [6.45, 7) is 4.13. The lowest BCUT2D eigenvalue weighted by molar-refractivity contribution is -0.262. The van der Waals surface area contributed by atoms with Crippen molar-refractivity contribution < 1.29 is 32.6 Å². The van der Waals surface area contributed by atoms with Gasteiger partial charge in [0.05, 0.1) is 7.11 Å². The molecule has 0 saturated carbocycles. The molecule has 2 aromatic rings. The molecule has 41 heavy (non-hydrogen) atoms. The molecule has 2 heterocycles. The molecule has 2 aliphatic rings. The van der Waals surface area contributed by atoms with Crippen LogP contribution in [0.5, 0.6) is 5.75 Å². The van der Waals surface area contributed by atoms with Gasteiger partial charge >= 0.3 is 6.18 Å². The quantitative estimate of drug-likeness (QED) is 0.503. The first-order chi connectivity index (χ1) is 19.3. The molecule has 2 amide bonds. The Morgan fingerprint density at radius 1 is 0.976 bits per heavy atom. The maximum atomic E-state index is 14.1. The SMILES string of the molecule is COc1cccc(C(O)(C(=O)N2CCC(CC3CCN(c4ccc(C(=O)N(C)C)c(C)c4)CC3)CC2)C(F)(F)F)c1. The van der Waals surface area contributed by atoms with Crippen molar-refractivity contribution in [3.63, 3.8) is 0 Å². The van der Waals surface area contributed by atoms with E-state index in [2.05, 4.69) is 11.0 Å². The van der Waals surface area contributed by atoms with Crippen LogP contribution in [0.3, 0.4) is 0 Å². The highest BCUT2D eigenvalue weighted by Gasteiger charge is 2.62. The summed E-state index contributed by atoms with van der Waals surface area (Å²) in [5, 5.41) is 10.8. The molecule has 2 aromatic carbocycles. The minimum Gasteiger partial charge on any atom is -0.497 e. The average Bonchev–Trinajstić information content (AvgIpc) is 2.96. The molecule has 1 atom stereocenters. The van der Waals surface area contributed by atoms with Gasteiger partial charge in [0.1, 0.15) is 5.75 Å². The highest BCUT2D eigenvalue weighted by molar-refractivity contribution is 5.95. The van der Waals surface area contributed by atoms with Crippen molar-refractivity contribution >= 4 is 17.5 Å². The van der Waals surface area contributed by atoms with Gasteiger partial charge in [-0.25, -0.2) is 0 Å². The lowest BCUT2D eigenvalue weighted by Gasteiger charge is -2.40. The van der Waals surface area contributed by atoms with Crippen molar-refractivity contribution in [2.45, 2.75) is 50.8 Å². The van der Waals surface area contributed by atoms with Crippen LogP contribution < -0.4 is 9.64 Å². The Bertz CT molecular complexity index is 1240. The van der Waals surface area contributed by atoms with E-state index in [-0.39, 0.29) is 24.7 Å². The van der Waals surface area contributed by atoms with Crippen LogP contribution in [-0.4, -0.2) is 80.3 Å². The monoisotopic (exact) mass is 575 g/mol. The number of halogens is 3. The van der Waals surface area contributed by atoms with Crippen molar-refractivity contribution in [2.75, 3.05) is 52.3 Å². The van der Waals surface area contributed by atoms with E-state index in [0.717, 1.165) is 60.6 Å². The number of rotatable bonds is 7. The third kappa shape index (κ3) is 6.47. The molecule has 0 aliphatic carbocycles. The van der Waals surface area contributed by atoms with Crippen molar-refractivity contribution in [3.05, 3.63) is 59.2 Å². The topological polar surface area (TPSA) is 73.3 Å². The maximum Gasteiger partial charge on any atom is 0.430 e. The average molecular weight is 576 g/mol. The molecular weight excluding hydrogens is 535 g/mol. The molecule has 0 aromatic heterocycles. The summed E-state index contributed by atoms with van der Waals surface area (Å²) in [5.74, 6) is -0.375. The highest BCUT2D eigenvalue weighted by Crippen LogP contribution is 2.42. The van der Waals surface area contributed by atoms with Gasteiger partial charge in [0.2, 0.25) is 0 Å². The van der Waals surface area contributed by atoms with Crippen LogP contribution >= 0.6 is 0 Å². The third-order valence-electron chi connectivity index (χ3n) is 8.60. The van der Waals surface area contributed by atoms with E-state index in [1.807, 2.05) is 19.1 Å². The van der Waals surface area contributed by atoms with Crippen LogP contribution in [0, 0.1) is 18.8 Å². The van der Waals surface area contributed by atoms with Crippen molar-refractivity contribution in [2.24, 2.45) is 11.8 Å². The molecular formula is C31H40F3N3O4. The summed E-state index contributed by atoms with van der Waals surface area (Å²) in [6, 6.07) is 10.9. The number of aryl methyl sites for hydroxylation is 1. The molecule has 0 radical (unpaired) electrons. The molecule has 0 bridgehead atoms. The van der Waals surface area contributed by atoms with Crippen LogP contribution in [-0.2, 0) is 10.4 Å². The Labute approximate surface area is 239 Å². The van der Waals surface area contributed by atoms with Gasteiger partial charge in [-0.2, -0.15) is 13.2 Å². The number of ether oxygens (including phenoxy) is 1. The van der Waals surface area contributed by atoms with Gasteiger partial charge in [0.25, 0.3) is 17.4 Å². The number of methoxy groups -OCH3 is 1. The molecule has 1 unspecified atom stereocenters. The summed E-state index contributed by atoms with van der Waals surface area (Å²) >= 11 is 0. The third-order valence-corrected chi connectivity index (χ3v) is 8.60. The molecule has 10 heteroatoms. The molecule has 0 spiro atoms. The predicted molar refractivity (Wildman–Crippen MR) is 151 cm³/mol. The number of hydrogen-bond acceptors (Lipinski definition) is 5. The fourth-order valence-corrected chi connectivity index (χ4v) is 6.08. The van der Waals surface area contributed by atoms with Crippen LogP contribution in [0.25, 0.3) is 0 Å². The number of piperidine rings is 2. The fourth-order valence-electron chi connectivity index (χ4n) is 6.08. The molecule has 224 valence electrons. The number of aliphatic hydroxyl groups is 1. The number of alkyl halides is 3. The number of likely N-dealkylation sites (tertiary alicyclic amines) is 1. The fraction of sp³-hybridized carbons (Fsp3) is 0.548. The van der Waals surface area contributed by atoms with E-state index in [9.17, 15) is 27.9 Å².